The first-order chi connectivity index (χ1) is 15.2. The van der Waals surface area contributed by atoms with Gasteiger partial charge in [-0.2, -0.15) is 0 Å². The Labute approximate surface area is 200 Å². The van der Waals surface area contributed by atoms with Crippen LogP contribution in [0.5, 0.6) is 5.75 Å². The zero-order valence-electron chi connectivity index (χ0n) is 19.0. The number of nitrogens with zero attached hydrogens (tertiary/aromatic N) is 3. The molecule has 16 heteroatoms. The van der Waals surface area contributed by atoms with Crippen molar-refractivity contribution in [3.63, 3.8) is 0 Å². The SMILES string of the molecule is CCOP(=O)(OCC)Oc1ccccc1CN(C)C(=O)N(N(CCCl)S(C)(=O)=O)S(C)(=O)=O. The van der Waals surface area contributed by atoms with Gasteiger partial charge in [0.2, 0.25) is 10.0 Å². The van der Waals surface area contributed by atoms with E-state index < -0.39 is 40.4 Å². The molecule has 0 N–H and O–H groups in total. The van der Waals surface area contributed by atoms with Gasteiger partial charge in [0, 0.05) is 25.0 Å². The molecule has 0 heterocycles. The molecule has 1 rings (SSSR count). The van der Waals surface area contributed by atoms with Gasteiger partial charge in [0.05, 0.1) is 32.3 Å². The lowest BCUT2D eigenvalue weighted by Gasteiger charge is -2.33. The Morgan fingerprint density at radius 1 is 1.03 bits per heavy atom. The molecule has 0 aliphatic rings. The molecule has 1 aromatic carbocycles. The van der Waals surface area contributed by atoms with Crippen LogP contribution in [0.3, 0.4) is 0 Å². The minimum atomic E-state index is -4.35. The highest BCUT2D eigenvalue weighted by molar-refractivity contribution is 7.91. The van der Waals surface area contributed by atoms with Crippen LogP contribution in [0.25, 0.3) is 0 Å². The summed E-state index contributed by atoms with van der Waals surface area (Å²) in [5, 5.41) is 0. The molecule has 1 aromatic rings. The van der Waals surface area contributed by atoms with Crippen LogP contribution < -0.4 is 4.52 Å². The highest BCUT2D eigenvalue weighted by Gasteiger charge is 2.37. The van der Waals surface area contributed by atoms with Crippen molar-refractivity contribution in [3.05, 3.63) is 29.8 Å². The Balaban J connectivity index is 3.30. The van der Waals surface area contributed by atoms with E-state index in [1.165, 1.54) is 13.1 Å². The number of hydrogen-bond donors (Lipinski definition) is 0. The molecule has 0 aliphatic carbocycles. The summed E-state index contributed by atoms with van der Waals surface area (Å²) >= 11 is 5.62. The van der Waals surface area contributed by atoms with Gasteiger partial charge < -0.3 is 9.42 Å². The highest BCUT2D eigenvalue weighted by Crippen LogP contribution is 2.50. The maximum Gasteiger partial charge on any atom is 0.530 e. The van der Waals surface area contributed by atoms with Gasteiger partial charge in [0.1, 0.15) is 5.75 Å². The average molecular weight is 550 g/mol. The van der Waals surface area contributed by atoms with Crippen molar-refractivity contribution in [1.29, 1.82) is 0 Å². The fourth-order valence-electron chi connectivity index (χ4n) is 2.59. The molecule has 0 bridgehead atoms. The van der Waals surface area contributed by atoms with Crippen LogP contribution >= 0.6 is 19.4 Å². The van der Waals surface area contributed by atoms with Gasteiger partial charge in [-0.1, -0.05) is 22.6 Å². The molecule has 0 aliphatic heterocycles. The van der Waals surface area contributed by atoms with E-state index in [-0.39, 0.29) is 35.8 Å². The first kappa shape index (κ1) is 29.6. The monoisotopic (exact) mass is 549 g/mol. The molecule has 12 nitrogen and oxygen atoms in total. The van der Waals surface area contributed by atoms with Gasteiger partial charge in [0.15, 0.2) is 0 Å². The summed E-state index contributed by atoms with van der Waals surface area (Å²) in [6.45, 7) is 2.67. The Morgan fingerprint density at radius 3 is 2.03 bits per heavy atom. The first-order valence-corrected chi connectivity index (χ1v) is 15.3. The predicted molar refractivity (Wildman–Crippen MR) is 124 cm³/mol. The summed E-state index contributed by atoms with van der Waals surface area (Å²) in [5.41, 5.74) is 0.338. The van der Waals surface area contributed by atoms with Crippen molar-refractivity contribution in [2.24, 2.45) is 0 Å². The van der Waals surface area contributed by atoms with Crippen LogP contribution in [-0.2, 0) is 40.2 Å². The topological polar surface area (TPSA) is 140 Å². The van der Waals surface area contributed by atoms with Crippen molar-refractivity contribution in [2.75, 3.05) is 45.2 Å². The van der Waals surface area contributed by atoms with E-state index >= 15 is 0 Å². The minimum Gasteiger partial charge on any atom is -0.404 e. The van der Waals surface area contributed by atoms with E-state index in [0.29, 0.717) is 16.2 Å². The lowest BCUT2D eigenvalue weighted by Crippen LogP contribution is -2.55. The van der Waals surface area contributed by atoms with Crippen LogP contribution in [0, 0.1) is 0 Å². The Bertz CT molecular complexity index is 1060. The molecule has 0 atom stereocenters. The first-order valence-electron chi connectivity index (χ1n) is 9.65. The fraction of sp³-hybridized carbons (Fsp3) is 0.588. The number of alkyl halides is 1. The number of hydrazine groups is 1. The second-order valence-corrected chi connectivity index (χ2v) is 12.3. The lowest BCUT2D eigenvalue weighted by atomic mass is 10.2. The quantitative estimate of drug-likeness (QED) is 0.206. The van der Waals surface area contributed by atoms with E-state index in [1.54, 1.807) is 32.0 Å². The van der Waals surface area contributed by atoms with Gasteiger partial charge in [-0.15, -0.1) is 16.0 Å². The number of sulfonamides is 2. The van der Waals surface area contributed by atoms with E-state index in [1.807, 2.05) is 0 Å². The number of phosphoric acid groups is 1. The van der Waals surface area contributed by atoms with Crippen molar-refractivity contribution in [2.45, 2.75) is 20.4 Å². The summed E-state index contributed by atoms with van der Waals surface area (Å²) in [4.78, 5) is 14.0. The molecular formula is C17H29ClN3O9PS2. The van der Waals surface area contributed by atoms with Crippen LogP contribution in [-0.4, -0.2) is 81.8 Å². The van der Waals surface area contributed by atoms with Crippen molar-refractivity contribution in [3.8, 4) is 5.75 Å². The third-order valence-electron chi connectivity index (χ3n) is 3.83. The van der Waals surface area contributed by atoms with Crippen LogP contribution in [0.1, 0.15) is 19.4 Å². The maximum absolute atomic E-state index is 13.0. The molecule has 0 saturated heterocycles. The van der Waals surface area contributed by atoms with Crippen LogP contribution in [0.4, 0.5) is 4.79 Å². The van der Waals surface area contributed by atoms with Gasteiger partial charge in [-0.3, -0.25) is 9.05 Å². The van der Waals surface area contributed by atoms with E-state index in [4.69, 9.17) is 25.2 Å². The number of hydrogen-bond acceptors (Lipinski definition) is 9. The second kappa shape index (κ2) is 12.3. The molecule has 190 valence electrons. The zero-order chi connectivity index (χ0) is 25.4. The number of amides is 2. The van der Waals surface area contributed by atoms with Crippen molar-refractivity contribution >= 4 is 45.5 Å². The number of halogens is 1. The van der Waals surface area contributed by atoms with Crippen LogP contribution in [0.15, 0.2) is 24.3 Å². The standard InChI is InChI=1S/C17H29ClN3O9PS2/c1-6-28-31(23,29-7-2)30-16-11-9-8-10-15(16)14-19(3)17(22)21(33(5,26)27)20(13-12-18)32(4,24)25/h8-11H,6-7,12-14H2,1-5H3. The summed E-state index contributed by atoms with van der Waals surface area (Å²) in [7, 11) is -11.2. The molecule has 0 unspecified atom stereocenters. The summed E-state index contributed by atoms with van der Waals surface area (Å²) < 4.78 is 77.9. The average Bonchev–Trinajstić information content (AvgIpc) is 2.67. The van der Waals surface area contributed by atoms with Gasteiger partial charge >= 0.3 is 13.9 Å². The molecule has 0 aromatic heterocycles. The zero-order valence-corrected chi connectivity index (χ0v) is 22.3. The smallest absolute Gasteiger partial charge is 0.404 e. The number of carbonyl (C=O) groups is 1. The van der Waals surface area contributed by atoms with Gasteiger partial charge in [-0.25, -0.2) is 26.2 Å². The second-order valence-electron chi connectivity index (χ2n) is 6.62. The molecule has 33 heavy (non-hydrogen) atoms. The summed E-state index contributed by atoms with van der Waals surface area (Å²) in [5.74, 6) is -0.175. The largest absolute Gasteiger partial charge is 0.530 e. The Kier molecular flexibility index (Phi) is 11.1. The van der Waals surface area contributed by atoms with E-state index in [0.717, 1.165) is 11.2 Å². The fourth-order valence-corrected chi connectivity index (χ4v) is 6.40. The Hall–Kier alpha value is -1.41. The number of para-hydroxylation sites is 1. The Morgan fingerprint density at radius 2 is 1.58 bits per heavy atom. The molecule has 0 spiro atoms. The maximum atomic E-state index is 13.0. The normalized spacial score (nSPS) is 12.6. The third kappa shape index (κ3) is 8.71. The van der Waals surface area contributed by atoms with E-state index in [9.17, 15) is 26.2 Å². The molecule has 0 saturated carbocycles. The highest BCUT2D eigenvalue weighted by atomic mass is 35.5. The van der Waals surface area contributed by atoms with Crippen molar-refractivity contribution < 1.29 is 39.8 Å². The molecule has 0 radical (unpaired) electrons. The number of phosphoric ester groups is 1. The molecule has 2 amide bonds. The third-order valence-corrected chi connectivity index (χ3v) is 7.76. The number of benzene rings is 1. The molecular weight excluding hydrogens is 521 g/mol. The number of urea groups is 1. The van der Waals surface area contributed by atoms with Gasteiger partial charge in [0.25, 0.3) is 10.0 Å². The van der Waals surface area contributed by atoms with Crippen molar-refractivity contribution in [1.82, 2.24) is 13.7 Å². The van der Waals surface area contributed by atoms with Crippen LogP contribution in [0.2, 0.25) is 0 Å². The lowest BCUT2D eigenvalue weighted by molar-refractivity contribution is 0.133. The van der Waals surface area contributed by atoms with E-state index in [2.05, 4.69) is 0 Å². The predicted octanol–water partition coefficient (Wildman–Crippen LogP) is 2.48. The minimum absolute atomic E-state index is 0.0586. The number of rotatable bonds is 13. The summed E-state index contributed by atoms with van der Waals surface area (Å²) in [6.07, 6.45) is 1.45. The summed E-state index contributed by atoms with van der Waals surface area (Å²) in [6, 6.07) is 5.10. The number of carbonyl (C=O) groups excluding carboxylic acids is 1. The van der Waals surface area contributed by atoms with Gasteiger partial charge in [-0.05, 0) is 19.9 Å². The molecule has 0 fully saturated rings.